The van der Waals surface area contributed by atoms with Gasteiger partial charge in [-0.25, -0.2) is 53.9 Å². The first-order valence-corrected chi connectivity index (χ1v) is 38.6. The lowest BCUT2D eigenvalue weighted by Crippen LogP contribution is -2.48. The van der Waals surface area contributed by atoms with Gasteiger partial charge in [-0.2, -0.15) is 15.3 Å². The van der Waals surface area contributed by atoms with E-state index in [4.69, 9.17) is 28.6 Å². The number of nitrogens with zero attached hydrogens (tertiary/aromatic N) is 9. The number of hydrogen-bond acceptors (Lipinski definition) is 12. The molecule has 3 N–H and O–H groups in total. The molecule has 0 aliphatic carbocycles. The van der Waals surface area contributed by atoms with Crippen molar-refractivity contribution < 1.29 is 82.5 Å². The van der Waals surface area contributed by atoms with E-state index in [1.807, 2.05) is 129 Å². The molecule has 0 saturated carbocycles. The molecule has 12 aromatic rings. The van der Waals surface area contributed by atoms with Crippen LogP contribution in [0.1, 0.15) is 169 Å². The van der Waals surface area contributed by atoms with Crippen molar-refractivity contribution in [3.8, 4) is 33.4 Å². The van der Waals surface area contributed by atoms with Gasteiger partial charge in [-0.1, -0.05) is 18.2 Å². The number of halogens is 9. The maximum atomic E-state index is 15.6. The van der Waals surface area contributed by atoms with Crippen molar-refractivity contribution >= 4 is 69.0 Å². The fraction of sp³-hybridized carbons (Fsp3) is 0.333. The average Bonchev–Trinajstić information content (AvgIpc) is 1.62. The summed E-state index contributed by atoms with van der Waals surface area (Å²) < 4.78 is 163. The number of benzene rings is 6. The highest BCUT2D eigenvalue weighted by Crippen LogP contribution is 2.50. The molecule has 0 amide bonds. The third-order valence-electron chi connectivity index (χ3n) is 21.3. The van der Waals surface area contributed by atoms with Crippen molar-refractivity contribution in [3.63, 3.8) is 0 Å². The summed E-state index contributed by atoms with van der Waals surface area (Å²) in [5.41, 5.74) is 4.36. The first kappa shape index (κ1) is 83.4. The molecule has 2 unspecified atom stereocenters. The van der Waals surface area contributed by atoms with Gasteiger partial charge in [0.2, 0.25) is 0 Å². The third kappa shape index (κ3) is 18.0. The third-order valence-corrected chi connectivity index (χ3v) is 21.3. The SMILES string of the molecule is CCn1cc(-c2ccc3oc4c(c3c2)CC(C)N(CC(C)(C)F)C4c2c(F)cc(/C=C/C(=O)O)cc2F)cn1.CCn1cc(-c2ccc3oc4c(c3c2)C[C@@H](C)N(CC(C)(C)F)[C@@H]4c2c(F)cc(/C=C/C(=O)O)cc2F)cn1.CCn1cc(-c2ccc3oc4c(c3c2)C[C@H](C)N(CC(C)(C)F)[C@H]4c2c(F)cc(/C=C/C(=O)O)cc2F)cn1. The van der Waals surface area contributed by atoms with Crippen molar-refractivity contribution in [2.75, 3.05) is 19.6 Å². The molecule has 6 aromatic heterocycles. The van der Waals surface area contributed by atoms with Gasteiger partial charge in [-0.3, -0.25) is 28.7 Å². The van der Waals surface area contributed by atoms with E-state index in [0.29, 0.717) is 53.3 Å². The lowest BCUT2D eigenvalue weighted by atomic mass is 9.87. The Balaban J connectivity index is 0.000000152. The van der Waals surface area contributed by atoms with Crippen LogP contribution in [0.3, 0.4) is 0 Å². The van der Waals surface area contributed by atoms with E-state index in [2.05, 4.69) is 15.3 Å². The summed E-state index contributed by atoms with van der Waals surface area (Å²) in [7, 11) is 0. The predicted octanol–water partition coefficient (Wildman–Crippen LogP) is 20.3. The van der Waals surface area contributed by atoms with Gasteiger partial charge in [0.05, 0.1) is 18.6 Å². The van der Waals surface area contributed by atoms with Gasteiger partial charge in [0.1, 0.15) is 104 Å². The maximum Gasteiger partial charge on any atom is 0.328 e. The molecule has 117 heavy (non-hydrogen) atoms. The summed E-state index contributed by atoms with van der Waals surface area (Å²) in [4.78, 5) is 37.9. The van der Waals surface area contributed by atoms with Crippen molar-refractivity contribution in [2.24, 2.45) is 0 Å². The number of hydrogen-bond donors (Lipinski definition) is 3. The minimum atomic E-state index is -1.64. The van der Waals surface area contributed by atoms with Crippen molar-refractivity contribution in [1.82, 2.24) is 44.0 Å². The summed E-state index contributed by atoms with van der Waals surface area (Å²) >= 11 is 0. The smallest absolute Gasteiger partial charge is 0.328 e. The lowest BCUT2D eigenvalue weighted by molar-refractivity contribution is -0.132. The molecule has 3 aliphatic rings. The number of fused-ring (bicyclic) bond motifs is 9. The van der Waals surface area contributed by atoms with Crippen LogP contribution in [0.25, 0.3) is 84.5 Å². The molecule has 18 nitrogen and oxygen atoms in total. The van der Waals surface area contributed by atoms with Gasteiger partial charge in [0, 0.05) is 160 Å². The van der Waals surface area contributed by atoms with Crippen LogP contribution in [0.5, 0.6) is 0 Å². The van der Waals surface area contributed by atoms with Gasteiger partial charge in [-0.15, -0.1) is 0 Å². The Hall–Kier alpha value is -11.6. The largest absolute Gasteiger partial charge is 0.478 e. The summed E-state index contributed by atoms with van der Waals surface area (Å²) in [5, 5.41) is 42.3. The highest BCUT2D eigenvalue weighted by atomic mass is 19.2. The molecule has 0 bridgehead atoms. The number of aryl methyl sites for hydroxylation is 3. The highest BCUT2D eigenvalue weighted by molar-refractivity contribution is 5.91. The van der Waals surface area contributed by atoms with Crippen molar-refractivity contribution in [1.29, 1.82) is 0 Å². The Labute approximate surface area is 669 Å². The Morgan fingerprint density at radius 1 is 0.402 bits per heavy atom. The number of carboxylic acid groups (broad SMARTS) is 3. The summed E-state index contributed by atoms with van der Waals surface area (Å²) in [5.74, 6) is -7.73. The van der Waals surface area contributed by atoms with Gasteiger partial charge in [0.15, 0.2) is 0 Å². The molecule has 0 saturated heterocycles. The zero-order valence-corrected chi connectivity index (χ0v) is 66.6. The van der Waals surface area contributed by atoms with E-state index >= 15 is 26.3 Å². The van der Waals surface area contributed by atoms with Crippen LogP contribution >= 0.6 is 0 Å². The number of aliphatic carboxylic acids is 3. The Bertz CT molecular complexity index is 5240. The summed E-state index contributed by atoms with van der Waals surface area (Å²) in [6, 6.07) is 20.0. The summed E-state index contributed by atoms with van der Waals surface area (Å²) in [6.45, 7) is 22.3. The Morgan fingerprint density at radius 2 is 0.641 bits per heavy atom. The van der Waals surface area contributed by atoms with Crippen LogP contribution in [-0.4, -0.2) is 132 Å². The van der Waals surface area contributed by atoms with Crippen molar-refractivity contribution in [2.45, 2.75) is 175 Å². The topological polar surface area (TPSA) is 214 Å². The van der Waals surface area contributed by atoms with Crippen LogP contribution < -0.4 is 0 Å². The second-order valence-corrected chi connectivity index (χ2v) is 32.0. The van der Waals surface area contributed by atoms with Crippen LogP contribution in [0.4, 0.5) is 39.5 Å². The van der Waals surface area contributed by atoms with E-state index in [9.17, 15) is 27.6 Å². The number of aromatic nitrogens is 6. The van der Waals surface area contributed by atoms with Crippen LogP contribution in [0, 0.1) is 34.9 Å². The molecule has 9 heterocycles. The number of furan rings is 3. The van der Waals surface area contributed by atoms with E-state index < -0.39 is 87.9 Å². The predicted molar refractivity (Wildman–Crippen MR) is 429 cm³/mol. The van der Waals surface area contributed by atoms with Crippen LogP contribution in [-0.2, 0) is 53.3 Å². The number of carboxylic acids is 3. The van der Waals surface area contributed by atoms with Gasteiger partial charge >= 0.3 is 17.9 Å². The second-order valence-electron chi connectivity index (χ2n) is 32.0. The molecule has 0 radical (unpaired) electrons. The minimum Gasteiger partial charge on any atom is -0.478 e. The molecular formula is C90H90F9N9O9. The molecule has 0 spiro atoms. The van der Waals surface area contributed by atoms with Crippen LogP contribution in [0.15, 0.2) is 160 Å². The maximum absolute atomic E-state index is 15.6. The molecule has 15 rings (SSSR count). The quantitative estimate of drug-likeness (QED) is 0.0451. The second kappa shape index (κ2) is 33.2. The average molecular weight is 1610 g/mol. The van der Waals surface area contributed by atoms with E-state index in [0.717, 1.165) is 159 Å². The van der Waals surface area contributed by atoms with Crippen molar-refractivity contribution in [3.05, 3.63) is 249 Å². The Kier molecular flexibility index (Phi) is 23.7. The molecule has 6 atom stereocenters. The Morgan fingerprint density at radius 3 is 0.846 bits per heavy atom. The van der Waals surface area contributed by atoms with E-state index in [1.54, 1.807) is 33.3 Å². The monoisotopic (exact) mass is 1610 g/mol. The minimum absolute atomic E-state index is 0.0690. The lowest BCUT2D eigenvalue weighted by Gasteiger charge is -2.42. The fourth-order valence-electron chi connectivity index (χ4n) is 16.2. The molecule has 612 valence electrons. The van der Waals surface area contributed by atoms with Gasteiger partial charge in [0.25, 0.3) is 0 Å². The molecular weight excluding hydrogens is 1520 g/mol. The summed E-state index contributed by atoms with van der Waals surface area (Å²) in [6.07, 6.45) is 18.6. The van der Waals surface area contributed by atoms with Gasteiger partial charge < -0.3 is 28.6 Å². The fourth-order valence-corrected chi connectivity index (χ4v) is 16.2. The standard InChI is InChI=1S/3C30H30F3N3O3/c3*1-5-35-15-20(14-34-35)19-7-8-25-21(13-19)22-10-17(2)36(16-30(3,4)33)28(29(22)39-25)27-23(31)11-18(12-24(27)32)6-9-26(37)38/h3*6-9,11-15,17,28H,5,10,16H2,1-4H3,(H,37,38)/b3*9-6+/t2*17-,28-;/m10./s1. The number of carbonyl (C=O) groups is 3. The zero-order chi connectivity index (χ0) is 84.2. The molecule has 0 fully saturated rings. The highest BCUT2D eigenvalue weighted by Gasteiger charge is 2.46. The normalized spacial score (nSPS) is 18.2. The molecule has 3 aliphatic heterocycles. The van der Waals surface area contributed by atoms with Gasteiger partial charge in [-0.05, 0) is 227 Å². The zero-order valence-electron chi connectivity index (χ0n) is 66.6. The first-order chi connectivity index (χ1) is 55.3. The van der Waals surface area contributed by atoms with E-state index in [1.165, 1.54) is 41.5 Å². The number of rotatable bonds is 21. The number of alkyl halides is 3. The first-order valence-electron chi connectivity index (χ1n) is 38.6. The molecule has 27 heteroatoms. The molecule has 6 aromatic carbocycles. The van der Waals surface area contributed by atoms with E-state index in [-0.39, 0.29) is 71.1 Å². The van der Waals surface area contributed by atoms with Crippen LogP contribution in [0.2, 0.25) is 0 Å².